The van der Waals surface area contributed by atoms with Gasteiger partial charge in [0.25, 0.3) is 0 Å². The van der Waals surface area contributed by atoms with Crippen molar-refractivity contribution in [2.75, 3.05) is 11.4 Å². The van der Waals surface area contributed by atoms with Gasteiger partial charge in [0.05, 0.1) is 12.2 Å². The third-order valence-corrected chi connectivity index (χ3v) is 3.77. The minimum absolute atomic E-state index is 0.119. The first-order valence-electron chi connectivity index (χ1n) is 6.03. The Hall–Kier alpha value is -1.88. The SMILES string of the molecule is CCN(Cc1cccs1)c1ccc(C(=N)N)cc1F. The summed E-state index contributed by atoms with van der Waals surface area (Å²) in [4.78, 5) is 3.15. The summed E-state index contributed by atoms with van der Waals surface area (Å²) < 4.78 is 14.1. The maximum absolute atomic E-state index is 14.1. The van der Waals surface area contributed by atoms with Gasteiger partial charge in [0.15, 0.2) is 0 Å². The van der Waals surface area contributed by atoms with E-state index in [0.29, 0.717) is 24.3 Å². The lowest BCUT2D eigenvalue weighted by molar-refractivity contribution is 0.618. The summed E-state index contributed by atoms with van der Waals surface area (Å²) in [6, 6.07) is 8.70. The van der Waals surface area contributed by atoms with Gasteiger partial charge in [-0.2, -0.15) is 0 Å². The molecule has 2 aromatic rings. The van der Waals surface area contributed by atoms with Crippen molar-refractivity contribution >= 4 is 22.9 Å². The Bertz CT molecular complexity index is 566. The predicted octanol–water partition coefficient (Wildman–Crippen LogP) is 3.20. The predicted molar refractivity (Wildman–Crippen MR) is 78.5 cm³/mol. The number of nitrogens with zero attached hydrogens (tertiary/aromatic N) is 1. The average Bonchev–Trinajstić information content (AvgIpc) is 2.89. The number of anilines is 1. The van der Waals surface area contributed by atoms with E-state index in [0.717, 1.165) is 0 Å². The van der Waals surface area contributed by atoms with Crippen molar-refractivity contribution in [2.24, 2.45) is 5.73 Å². The summed E-state index contributed by atoms with van der Waals surface area (Å²) in [5, 5.41) is 9.32. The fourth-order valence-corrected chi connectivity index (χ4v) is 2.61. The van der Waals surface area contributed by atoms with Crippen molar-refractivity contribution in [3.63, 3.8) is 0 Å². The Balaban J connectivity index is 2.25. The highest BCUT2D eigenvalue weighted by Crippen LogP contribution is 2.23. The molecule has 0 aliphatic carbocycles. The number of thiophene rings is 1. The van der Waals surface area contributed by atoms with E-state index in [-0.39, 0.29) is 11.7 Å². The molecule has 2 rings (SSSR count). The lowest BCUT2D eigenvalue weighted by Crippen LogP contribution is -2.23. The van der Waals surface area contributed by atoms with Gasteiger partial charge in [-0.3, -0.25) is 5.41 Å². The number of hydrogen-bond donors (Lipinski definition) is 2. The standard InChI is InChI=1S/C14H16FN3S/c1-2-18(9-11-4-3-7-19-11)13-6-5-10(14(16)17)8-12(13)15/h3-8H,2,9H2,1H3,(H3,16,17). The van der Waals surface area contributed by atoms with Gasteiger partial charge in [-0.1, -0.05) is 6.07 Å². The van der Waals surface area contributed by atoms with Gasteiger partial charge in [0.1, 0.15) is 11.7 Å². The maximum Gasteiger partial charge on any atom is 0.147 e. The smallest absolute Gasteiger partial charge is 0.147 e. The zero-order valence-electron chi connectivity index (χ0n) is 10.7. The van der Waals surface area contributed by atoms with Crippen LogP contribution in [0.25, 0.3) is 0 Å². The normalized spacial score (nSPS) is 10.4. The quantitative estimate of drug-likeness (QED) is 0.651. The first-order chi connectivity index (χ1) is 9.11. The second-order valence-corrected chi connectivity index (χ2v) is 5.21. The summed E-state index contributed by atoms with van der Waals surface area (Å²) in [5.41, 5.74) is 6.31. The maximum atomic E-state index is 14.1. The molecule has 0 aliphatic heterocycles. The highest BCUT2D eigenvalue weighted by atomic mass is 32.1. The van der Waals surface area contributed by atoms with E-state index >= 15 is 0 Å². The molecule has 5 heteroatoms. The summed E-state index contributed by atoms with van der Waals surface area (Å²) >= 11 is 1.66. The summed E-state index contributed by atoms with van der Waals surface area (Å²) in [6.45, 7) is 3.39. The fourth-order valence-electron chi connectivity index (χ4n) is 1.89. The van der Waals surface area contributed by atoms with Crippen molar-refractivity contribution in [1.29, 1.82) is 5.41 Å². The van der Waals surface area contributed by atoms with Crippen molar-refractivity contribution in [3.05, 3.63) is 52.0 Å². The molecule has 0 amide bonds. The first kappa shape index (κ1) is 13.5. The van der Waals surface area contributed by atoms with Gasteiger partial charge in [-0.15, -0.1) is 11.3 Å². The molecule has 0 aliphatic rings. The number of rotatable bonds is 5. The number of amidine groups is 1. The highest BCUT2D eigenvalue weighted by Gasteiger charge is 2.12. The largest absolute Gasteiger partial charge is 0.384 e. The Labute approximate surface area is 116 Å². The summed E-state index contributed by atoms with van der Waals surface area (Å²) in [7, 11) is 0. The van der Waals surface area contributed by atoms with E-state index in [1.807, 2.05) is 29.3 Å². The number of benzene rings is 1. The Morgan fingerprint density at radius 1 is 1.42 bits per heavy atom. The molecule has 0 spiro atoms. The topological polar surface area (TPSA) is 53.1 Å². The van der Waals surface area contributed by atoms with Crippen LogP contribution in [0.4, 0.5) is 10.1 Å². The highest BCUT2D eigenvalue weighted by molar-refractivity contribution is 7.09. The van der Waals surface area contributed by atoms with Crippen molar-refractivity contribution < 1.29 is 4.39 Å². The van der Waals surface area contributed by atoms with Crippen LogP contribution < -0.4 is 10.6 Å². The minimum atomic E-state index is -0.342. The monoisotopic (exact) mass is 277 g/mol. The molecule has 3 nitrogen and oxygen atoms in total. The van der Waals surface area contributed by atoms with Crippen LogP contribution in [-0.2, 0) is 6.54 Å². The number of nitrogen functional groups attached to an aromatic ring is 1. The lowest BCUT2D eigenvalue weighted by Gasteiger charge is -2.23. The van der Waals surface area contributed by atoms with Crippen LogP contribution in [0, 0.1) is 11.2 Å². The Kier molecular flexibility index (Phi) is 4.16. The van der Waals surface area contributed by atoms with E-state index in [9.17, 15) is 4.39 Å². The van der Waals surface area contributed by atoms with Crippen molar-refractivity contribution in [3.8, 4) is 0 Å². The number of nitrogens with two attached hydrogens (primary N) is 1. The van der Waals surface area contributed by atoms with Gasteiger partial charge in [-0.05, 0) is 36.6 Å². The van der Waals surface area contributed by atoms with Crippen LogP contribution in [0.1, 0.15) is 17.4 Å². The van der Waals surface area contributed by atoms with E-state index in [4.69, 9.17) is 11.1 Å². The van der Waals surface area contributed by atoms with E-state index < -0.39 is 0 Å². The Morgan fingerprint density at radius 2 is 2.21 bits per heavy atom. The third-order valence-electron chi connectivity index (χ3n) is 2.91. The molecule has 1 aromatic heterocycles. The van der Waals surface area contributed by atoms with E-state index in [1.165, 1.54) is 10.9 Å². The molecule has 0 radical (unpaired) electrons. The van der Waals surface area contributed by atoms with Gasteiger partial charge in [0.2, 0.25) is 0 Å². The molecule has 0 saturated heterocycles. The molecule has 19 heavy (non-hydrogen) atoms. The minimum Gasteiger partial charge on any atom is -0.384 e. The number of hydrogen-bond acceptors (Lipinski definition) is 3. The van der Waals surface area contributed by atoms with E-state index in [2.05, 4.69) is 0 Å². The molecule has 1 aromatic carbocycles. The van der Waals surface area contributed by atoms with Gasteiger partial charge in [-0.25, -0.2) is 4.39 Å². The van der Waals surface area contributed by atoms with Crippen LogP contribution in [0.2, 0.25) is 0 Å². The summed E-state index contributed by atoms with van der Waals surface area (Å²) in [6.07, 6.45) is 0. The number of nitrogens with one attached hydrogen (secondary N) is 1. The zero-order chi connectivity index (χ0) is 13.8. The van der Waals surface area contributed by atoms with Gasteiger partial charge < -0.3 is 10.6 Å². The molecule has 0 fully saturated rings. The van der Waals surface area contributed by atoms with Crippen molar-refractivity contribution in [2.45, 2.75) is 13.5 Å². The fraction of sp³-hybridized carbons (Fsp3) is 0.214. The zero-order valence-corrected chi connectivity index (χ0v) is 11.5. The molecule has 0 bridgehead atoms. The lowest BCUT2D eigenvalue weighted by atomic mass is 10.1. The molecule has 1 heterocycles. The molecule has 0 unspecified atom stereocenters. The van der Waals surface area contributed by atoms with Crippen LogP contribution in [0.3, 0.4) is 0 Å². The second kappa shape index (κ2) is 5.84. The van der Waals surface area contributed by atoms with Crippen LogP contribution in [0.5, 0.6) is 0 Å². The third kappa shape index (κ3) is 3.12. The second-order valence-electron chi connectivity index (χ2n) is 4.17. The van der Waals surface area contributed by atoms with Crippen LogP contribution in [0.15, 0.2) is 35.7 Å². The van der Waals surface area contributed by atoms with Gasteiger partial charge in [0, 0.05) is 17.0 Å². The van der Waals surface area contributed by atoms with Crippen LogP contribution in [-0.4, -0.2) is 12.4 Å². The molecule has 3 N–H and O–H groups in total. The first-order valence-corrected chi connectivity index (χ1v) is 6.91. The molecule has 100 valence electrons. The number of halogens is 1. The van der Waals surface area contributed by atoms with Gasteiger partial charge >= 0.3 is 0 Å². The van der Waals surface area contributed by atoms with Crippen molar-refractivity contribution in [1.82, 2.24) is 0 Å². The summed E-state index contributed by atoms with van der Waals surface area (Å²) in [5.74, 6) is -0.460. The molecular weight excluding hydrogens is 261 g/mol. The molecule has 0 saturated carbocycles. The average molecular weight is 277 g/mol. The molecule has 0 atom stereocenters. The van der Waals surface area contributed by atoms with E-state index in [1.54, 1.807) is 23.5 Å². The Morgan fingerprint density at radius 3 is 2.74 bits per heavy atom. The van der Waals surface area contributed by atoms with Crippen LogP contribution >= 0.6 is 11.3 Å². The molecular formula is C14H16FN3S.